The summed E-state index contributed by atoms with van der Waals surface area (Å²) in [6.07, 6.45) is 0. The molecule has 0 atom stereocenters. The van der Waals surface area contributed by atoms with Crippen LogP contribution in [-0.2, 0) is 0 Å². The van der Waals surface area contributed by atoms with Crippen LogP contribution < -0.4 is 5.73 Å². The lowest BCUT2D eigenvalue weighted by molar-refractivity contribution is 0.618. The third kappa shape index (κ3) is 1.76. The zero-order chi connectivity index (χ0) is 11.7. The van der Waals surface area contributed by atoms with E-state index in [9.17, 15) is 8.78 Å². The normalized spacial score (nSPS) is 10.4. The van der Waals surface area contributed by atoms with E-state index in [4.69, 9.17) is 5.73 Å². The van der Waals surface area contributed by atoms with Crippen LogP contribution in [0.15, 0.2) is 36.4 Å². The quantitative estimate of drug-likeness (QED) is 0.729. The van der Waals surface area contributed by atoms with Crippen LogP contribution in [0, 0.1) is 18.6 Å². The van der Waals surface area contributed by atoms with Crippen molar-refractivity contribution in [3.8, 4) is 11.1 Å². The van der Waals surface area contributed by atoms with Gasteiger partial charge in [0.25, 0.3) is 0 Å². The maximum absolute atomic E-state index is 13.2. The van der Waals surface area contributed by atoms with E-state index in [0.717, 1.165) is 5.56 Å². The Balaban J connectivity index is 2.59. The van der Waals surface area contributed by atoms with Crippen molar-refractivity contribution in [3.63, 3.8) is 0 Å². The number of benzene rings is 2. The molecule has 0 radical (unpaired) electrons. The van der Waals surface area contributed by atoms with Gasteiger partial charge in [0.2, 0.25) is 0 Å². The van der Waals surface area contributed by atoms with E-state index in [1.165, 1.54) is 12.1 Å². The summed E-state index contributed by atoms with van der Waals surface area (Å²) < 4.78 is 26.3. The fraction of sp³-hybridized carbons (Fsp3) is 0.0769. The molecule has 0 amide bonds. The molecule has 0 aliphatic carbocycles. The fourth-order valence-electron chi connectivity index (χ4n) is 1.60. The van der Waals surface area contributed by atoms with Gasteiger partial charge in [-0.1, -0.05) is 18.2 Å². The first-order valence-corrected chi connectivity index (χ1v) is 4.90. The molecule has 2 aromatic carbocycles. The Morgan fingerprint density at radius 3 is 2.44 bits per heavy atom. The van der Waals surface area contributed by atoms with Gasteiger partial charge in [0.15, 0.2) is 0 Å². The second-order valence-corrected chi connectivity index (χ2v) is 3.67. The summed E-state index contributed by atoms with van der Waals surface area (Å²) in [5.41, 5.74) is 7.54. The molecule has 0 aromatic heterocycles. The summed E-state index contributed by atoms with van der Waals surface area (Å²) in [6.45, 7) is 1.66. The standard InChI is InChI=1S/C13H11F2N/c1-8-7-9(5-6-11(8)14)10-3-2-4-12(15)13(10)16/h2-7H,16H2,1H3. The molecular formula is C13H11F2N. The SMILES string of the molecule is Cc1cc(-c2cccc(F)c2N)ccc1F. The number of rotatable bonds is 1. The minimum absolute atomic E-state index is 0.0912. The van der Waals surface area contributed by atoms with E-state index < -0.39 is 5.82 Å². The van der Waals surface area contributed by atoms with Crippen molar-refractivity contribution in [1.82, 2.24) is 0 Å². The van der Waals surface area contributed by atoms with Crippen molar-refractivity contribution in [1.29, 1.82) is 0 Å². The number of aryl methyl sites for hydroxylation is 1. The molecule has 0 aliphatic rings. The van der Waals surface area contributed by atoms with Gasteiger partial charge in [0.1, 0.15) is 11.6 Å². The average molecular weight is 219 g/mol. The highest BCUT2D eigenvalue weighted by Crippen LogP contribution is 2.28. The lowest BCUT2D eigenvalue weighted by Gasteiger charge is -2.07. The second-order valence-electron chi connectivity index (χ2n) is 3.67. The van der Waals surface area contributed by atoms with Crippen molar-refractivity contribution >= 4 is 5.69 Å². The van der Waals surface area contributed by atoms with Gasteiger partial charge in [0.05, 0.1) is 5.69 Å². The highest BCUT2D eigenvalue weighted by molar-refractivity contribution is 5.76. The molecule has 0 saturated heterocycles. The van der Waals surface area contributed by atoms with Gasteiger partial charge in [-0.15, -0.1) is 0 Å². The predicted octanol–water partition coefficient (Wildman–Crippen LogP) is 3.52. The summed E-state index contributed by atoms with van der Waals surface area (Å²) >= 11 is 0. The minimum Gasteiger partial charge on any atom is -0.396 e. The molecule has 0 unspecified atom stereocenters. The summed E-state index contributed by atoms with van der Waals surface area (Å²) in [7, 11) is 0. The van der Waals surface area contributed by atoms with Gasteiger partial charge in [-0.05, 0) is 36.2 Å². The molecule has 2 N–H and O–H groups in total. The number of hydrogen-bond acceptors (Lipinski definition) is 1. The first kappa shape index (κ1) is 10.6. The Morgan fingerprint density at radius 1 is 1.00 bits per heavy atom. The van der Waals surface area contributed by atoms with Crippen molar-refractivity contribution in [2.24, 2.45) is 0 Å². The number of hydrogen-bond donors (Lipinski definition) is 1. The van der Waals surface area contributed by atoms with Crippen molar-refractivity contribution in [2.75, 3.05) is 5.73 Å². The maximum atomic E-state index is 13.2. The van der Waals surface area contributed by atoms with Gasteiger partial charge in [0, 0.05) is 5.56 Å². The number of nitrogen functional groups attached to an aromatic ring is 1. The second kappa shape index (κ2) is 3.93. The van der Waals surface area contributed by atoms with Crippen molar-refractivity contribution in [3.05, 3.63) is 53.6 Å². The largest absolute Gasteiger partial charge is 0.396 e. The Bertz CT molecular complexity index is 535. The summed E-state index contributed by atoms with van der Waals surface area (Å²) in [5, 5.41) is 0. The number of nitrogens with two attached hydrogens (primary N) is 1. The molecule has 0 saturated carbocycles. The van der Waals surface area contributed by atoms with Crippen LogP contribution in [0.2, 0.25) is 0 Å². The van der Waals surface area contributed by atoms with E-state index >= 15 is 0 Å². The molecular weight excluding hydrogens is 208 g/mol. The third-order valence-electron chi connectivity index (χ3n) is 2.52. The van der Waals surface area contributed by atoms with Crippen LogP contribution in [0.5, 0.6) is 0 Å². The molecule has 0 spiro atoms. The maximum Gasteiger partial charge on any atom is 0.146 e. The van der Waals surface area contributed by atoms with Crippen LogP contribution in [0.3, 0.4) is 0 Å². The Morgan fingerprint density at radius 2 is 1.75 bits per heavy atom. The third-order valence-corrected chi connectivity index (χ3v) is 2.52. The van der Waals surface area contributed by atoms with Crippen molar-refractivity contribution in [2.45, 2.75) is 6.92 Å². The fourth-order valence-corrected chi connectivity index (χ4v) is 1.60. The molecule has 1 nitrogen and oxygen atoms in total. The number of anilines is 1. The molecule has 0 bridgehead atoms. The highest BCUT2D eigenvalue weighted by atomic mass is 19.1. The summed E-state index contributed by atoms with van der Waals surface area (Å²) in [6, 6.07) is 9.20. The van der Waals surface area contributed by atoms with Gasteiger partial charge in [-0.3, -0.25) is 0 Å². The Hall–Kier alpha value is -1.90. The molecule has 16 heavy (non-hydrogen) atoms. The molecule has 2 rings (SSSR count). The molecule has 2 aromatic rings. The molecule has 3 heteroatoms. The van der Waals surface area contributed by atoms with Crippen LogP contribution in [-0.4, -0.2) is 0 Å². The van der Waals surface area contributed by atoms with E-state index in [0.29, 0.717) is 11.1 Å². The van der Waals surface area contributed by atoms with E-state index in [1.54, 1.807) is 31.2 Å². The molecule has 0 heterocycles. The van der Waals surface area contributed by atoms with Crippen LogP contribution in [0.4, 0.5) is 14.5 Å². The Kier molecular flexibility index (Phi) is 2.60. The molecule has 0 aliphatic heterocycles. The molecule has 82 valence electrons. The lowest BCUT2D eigenvalue weighted by atomic mass is 10.0. The smallest absolute Gasteiger partial charge is 0.146 e. The number of para-hydroxylation sites is 1. The lowest BCUT2D eigenvalue weighted by Crippen LogP contribution is -1.94. The van der Waals surface area contributed by atoms with E-state index in [2.05, 4.69) is 0 Å². The first-order valence-electron chi connectivity index (χ1n) is 4.90. The van der Waals surface area contributed by atoms with Gasteiger partial charge in [-0.25, -0.2) is 8.78 Å². The van der Waals surface area contributed by atoms with Gasteiger partial charge < -0.3 is 5.73 Å². The zero-order valence-corrected chi connectivity index (χ0v) is 8.80. The van der Waals surface area contributed by atoms with Gasteiger partial charge in [-0.2, -0.15) is 0 Å². The minimum atomic E-state index is -0.459. The molecule has 0 fully saturated rings. The monoisotopic (exact) mass is 219 g/mol. The van der Waals surface area contributed by atoms with Crippen LogP contribution in [0.1, 0.15) is 5.56 Å². The van der Waals surface area contributed by atoms with Gasteiger partial charge >= 0.3 is 0 Å². The summed E-state index contributed by atoms with van der Waals surface area (Å²) in [5.74, 6) is -0.738. The topological polar surface area (TPSA) is 26.0 Å². The highest BCUT2D eigenvalue weighted by Gasteiger charge is 2.07. The predicted molar refractivity (Wildman–Crippen MR) is 60.9 cm³/mol. The Labute approximate surface area is 92.5 Å². The van der Waals surface area contributed by atoms with Crippen molar-refractivity contribution < 1.29 is 8.78 Å². The van der Waals surface area contributed by atoms with E-state index in [1.807, 2.05) is 0 Å². The zero-order valence-electron chi connectivity index (χ0n) is 8.80. The summed E-state index contributed by atoms with van der Waals surface area (Å²) in [4.78, 5) is 0. The van der Waals surface area contributed by atoms with Crippen LogP contribution >= 0.6 is 0 Å². The first-order chi connectivity index (χ1) is 7.59. The van der Waals surface area contributed by atoms with Crippen LogP contribution in [0.25, 0.3) is 11.1 Å². The average Bonchev–Trinajstić information content (AvgIpc) is 2.26. The van der Waals surface area contributed by atoms with E-state index in [-0.39, 0.29) is 11.5 Å². The number of halogens is 2.